The highest BCUT2D eigenvalue weighted by atomic mass is 35.5. The van der Waals surface area contributed by atoms with Crippen LogP contribution in [0.4, 0.5) is 11.9 Å². The van der Waals surface area contributed by atoms with Gasteiger partial charge in [0.15, 0.2) is 0 Å². The third-order valence-electron chi connectivity index (χ3n) is 2.82. The average molecular weight is 312 g/mol. The molecule has 0 amide bonds. The highest BCUT2D eigenvalue weighted by molar-refractivity contribution is 7.10. The lowest BCUT2D eigenvalue weighted by atomic mass is 9.91. The zero-order valence-corrected chi connectivity index (χ0v) is 13.3. The molecule has 0 radical (unpaired) electrons. The van der Waals surface area contributed by atoms with Crippen LogP contribution >= 0.6 is 22.9 Å². The zero-order valence-electron chi connectivity index (χ0n) is 11.8. The van der Waals surface area contributed by atoms with Crippen LogP contribution in [-0.4, -0.2) is 28.0 Å². The van der Waals surface area contributed by atoms with E-state index in [4.69, 9.17) is 11.6 Å². The zero-order chi connectivity index (χ0) is 14.6. The summed E-state index contributed by atoms with van der Waals surface area (Å²) < 4.78 is 0. The SMILES string of the molecule is CCNc1nc(Cl)nc(NCC(C)(C)c2cccs2)n1. The lowest BCUT2D eigenvalue weighted by Gasteiger charge is -2.23. The number of hydrogen-bond donors (Lipinski definition) is 2. The van der Waals surface area contributed by atoms with Gasteiger partial charge in [0, 0.05) is 23.4 Å². The molecule has 2 rings (SSSR count). The Balaban J connectivity index is 2.07. The van der Waals surface area contributed by atoms with Crippen LogP contribution in [0, 0.1) is 0 Å². The molecule has 0 atom stereocenters. The molecule has 0 aliphatic rings. The lowest BCUT2D eigenvalue weighted by Crippen LogP contribution is -2.27. The summed E-state index contributed by atoms with van der Waals surface area (Å²) in [6, 6.07) is 4.20. The first-order valence-corrected chi connectivity index (χ1v) is 7.70. The number of thiophene rings is 1. The fraction of sp³-hybridized carbons (Fsp3) is 0.462. The van der Waals surface area contributed by atoms with Crippen molar-refractivity contribution in [2.45, 2.75) is 26.2 Å². The van der Waals surface area contributed by atoms with Crippen molar-refractivity contribution in [2.75, 3.05) is 23.7 Å². The molecular formula is C13H18ClN5S. The van der Waals surface area contributed by atoms with Gasteiger partial charge in [-0.25, -0.2) is 0 Å². The topological polar surface area (TPSA) is 62.7 Å². The normalized spacial score (nSPS) is 11.4. The number of nitrogens with one attached hydrogen (secondary N) is 2. The molecule has 7 heteroatoms. The van der Waals surface area contributed by atoms with E-state index in [-0.39, 0.29) is 10.7 Å². The summed E-state index contributed by atoms with van der Waals surface area (Å²) in [5.41, 5.74) is 0.00558. The molecule has 2 aromatic rings. The molecule has 0 saturated carbocycles. The minimum absolute atomic E-state index is 0.00558. The molecule has 2 N–H and O–H groups in total. The van der Waals surface area contributed by atoms with Gasteiger partial charge in [-0.3, -0.25) is 0 Å². The van der Waals surface area contributed by atoms with Crippen LogP contribution in [0.3, 0.4) is 0 Å². The van der Waals surface area contributed by atoms with E-state index >= 15 is 0 Å². The summed E-state index contributed by atoms with van der Waals surface area (Å²) in [5.74, 6) is 0.981. The second-order valence-electron chi connectivity index (χ2n) is 5.00. The third kappa shape index (κ3) is 3.80. The Hall–Kier alpha value is -1.40. The van der Waals surface area contributed by atoms with E-state index in [1.54, 1.807) is 11.3 Å². The second-order valence-corrected chi connectivity index (χ2v) is 6.28. The summed E-state index contributed by atoms with van der Waals surface area (Å²) in [7, 11) is 0. The van der Waals surface area contributed by atoms with E-state index in [1.807, 2.05) is 6.92 Å². The van der Waals surface area contributed by atoms with Crippen LogP contribution < -0.4 is 10.6 Å². The Morgan fingerprint density at radius 3 is 2.50 bits per heavy atom. The van der Waals surface area contributed by atoms with E-state index in [1.165, 1.54) is 4.88 Å². The van der Waals surface area contributed by atoms with Crippen molar-refractivity contribution in [2.24, 2.45) is 0 Å². The van der Waals surface area contributed by atoms with Gasteiger partial charge in [-0.15, -0.1) is 11.3 Å². The van der Waals surface area contributed by atoms with Gasteiger partial charge in [0.1, 0.15) is 0 Å². The standard InChI is InChI=1S/C13H18ClN5S/c1-4-15-11-17-10(14)18-12(19-11)16-8-13(2,3)9-6-5-7-20-9/h5-7H,4,8H2,1-3H3,(H2,15,16,17,18,19). The molecule has 0 aliphatic heterocycles. The smallest absolute Gasteiger partial charge is 0.228 e. The quantitative estimate of drug-likeness (QED) is 0.856. The minimum atomic E-state index is 0.00558. The van der Waals surface area contributed by atoms with Crippen molar-refractivity contribution in [1.29, 1.82) is 0 Å². The van der Waals surface area contributed by atoms with Crippen LogP contribution in [0.2, 0.25) is 5.28 Å². The fourth-order valence-corrected chi connectivity index (χ4v) is 2.73. The molecular weight excluding hydrogens is 294 g/mol. The minimum Gasteiger partial charge on any atom is -0.354 e. The molecule has 5 nitrogen and oxygen atoms in total. The van der Waals surface area contributed by atoms with Gasteiger partial charge in [0.25, 0.3) is 0 Å². The van der Waals surface area contributed by atoms with Gasteiger partial charge in [-0.05, 0) is 30.0 Å². The second kappa shape index (κ2) is 6.37. The Morgan fingerprint density at radius 1 is 1.20 bits per heavy atom. The Labute approximate surface area is 127 Å². The Bertz CT molecular complexity index is 556. The van der Waals surface area contributed by atoms with Gasteiger partial charge in [0.05, 0.1) is 0 Å². The van der Waals surface area contributed by atoms with Crippen molar-refractivity contribution in [1.82, 2.24) is 15.0 Å². The number of rotatable bonds is 6. The molecule has 0 aromatic carbocycles. The number of hydrogen-bond acceptors (Lipinski definition) is 6. The van der Waals surface area contributed by atoms with Gasteiger partial charge in [-0.1, -0.05) is 19.9 Å². The molecule has 2 heterocycles. The summed E-state index contributed by atoms with van der Waals surface area (Å²) >= 11 is 7.64. The molecule has 0 spiro atoms. The van der Waals surface area contributed by atoms with E-state index < -0.39 is 0 Å². The van der Waals surface area contributed by atoms with Crippen molar-refractivity contribution in [3.05, 3.63) is 27.7 Å². The Morgan fingerprint density at radius 2 is 1.90 bits per heavy atom. The lowest BCUT2D eigenvalue weighted by molar-refractivity contribution is 0.567. The molecule has 0 saturated heterocycles. The van der Waals surface area contributed by atoms with Gasteiger partial charge in [-0.2, -0.15) is 15.0 Å². The van der Waals surface area contributed by atoms with Crippen LogP contribution in [0.5, 0.6) is 0 Å². The highest BCUT2D eigenvalue weighted by Gasteiger charge is 2.22. The molecule has 2 aromatic heterocycles. The molecule has 0 fully saturated rings. The summed E-state index contributed by atoms with van der Waals surface area (Å²) in [5, 5.41) is 8.53. The predicted molar refractivity (Wildman–Crippen MR) is 84.8 cm³/mol. The summed E-state index contributed by atoms with van der Waals surface area (Å²) in [6.07, 6.45) is 0. The maximum atomic E-state index is 5.90. The van der Waals surface area contributed by atoms with Crippen LogP contribution in [0.25, 0.3) is 0 Å². The molecule has 0 unspecified atom stereocenters. The van der Waals surface area contributed by atoms with E-state index in [2.05, 4.69) is 56.9 Å². The van der Waals surface area contributed by atoms with E-state index in [0.29, 0.717) is 11.9 Å². The third-order valence-corrected chi connectivity index (χ3v) is 4.22. The van der Waals surface area contributed by atoms with Gasteiger partial charge < -0.3 is 10.6 Å². The predicted octanol–water partition coefficient (Wildman–Crippen LogP) is 3.41. The van der Waals surface area contributed by atoms with Gasteiger partial charge >= 0.3 is 0 Å². The van der Waals surface area contributed by atoms with E-state index in [0.717, 1.165) is 13.1 Å². The summed E-state index contributed by atoms with van der Waals surface area (Å²) in [4.78, 5) is 13.7. The van der Waals surface area contributed by atoms with Crippen LogP contribution in [0.15, 0.2) is 17.5 Å². The first-order chi connectivity index (χ1) is 9.51. The molecule has 0 aliphatic carbocycles. The number of aromatic nitrogens is 3. The largest absolute Gasteiger partial charge is 0.354 e. The number of halogens is 1. The van der Waals surface area contributed by atoms with Crippen molar-refractivity contribution in [3.63, 3.8) is 0 Å². The molecule has 108 valence electrons. The highest BCUT2D eigenvalue weighted by Crippen LogP contribution is 2.27. The number of anilines is 2. The fourth-order valence-electron chi connectivity index (χ4n) is 1.72. The molecule has 0 bridgehead atoms. The van der Waals surface area contributed by atoms with Crippen molar-refractivity contribution >= 4 is 34.8 Å². The van der Waals surface area contributed by atoms with Gasteiger partial charge in [0.2, 0.25) is 17.2 Å². The van der Waals surface area contributed by atoms with E-state index in [9.17, 15) is 0 Å². The maximum Gasteiger partial charge on any atom is 0.228 e. The van der Waals surface area contributed by atoms with Crippen molar-refractivity contribution in [3.8, 4) is 0 Å². The number of nitrogens with zero attached hydrogens (tertiary/aromatic N) is 3. The first kappa shape index (κ1) is 15.0. The van der Waals surface area contributed by atoms with Crippen LogP contribution in [0.1, 0.15) is 25.6 Å². The Kier molecular flexibility index (Phi) is 4.77. The monoisotopic (exact) mass is 311 g/mol. The van der Waals surface area contributed by atoms with Crippen LogP contribution in [-0.2, 0) is 5.41 Å². The maximum absolute atomic E-state index is 5.90. The molecule has 20 heavy (non-hydrogen) atoms. The summed E-state index contributed by atoms with van der Waals surface area (Å²) in [6.45, 7) is 7.80. The van der Waals surface area contributed by atoms with Crippen molar-refractivity contribution < 1.29 is 0 Å². The average Bonchev–Trinajstić information content (AvgIpc) is 2.91. The first-order valence-electron chi connectivity index (χ1n) is 6.44.